The van der Waals surface area contributed by atoms with E-state index >= 15 is 0 Å². The van der Waals surface area contributed by atoms with Gasteiger partial charge >= 0.3 is 0 Å². The number of ether oxygens (including phenoxy) is 1. The lowest BCUT2D eigenvalue weighted by Crippen LogP contribution is -2.40. The maximum Gasteiger partial charge on any atom is 0.291 e. The van der Waals surface area contributed by atoms with Crippen LogP contribution in [0.15, 0.2) is 15.5 Å². The highest BCUT2D eigenvalue weighted by Crippen LogP contribution is 2.27. The van der Waals surface area contributed by atoms with Gasteiger partial charge in [0.15, 0.2) is 0 Å². The van der Waals surface area contributed by atoms with Crippen molar-refractivity contribution in [2.24, 2.45) is 5.92 Å². The molecule has 20 heavy (non-hydrogen) atoms. The molecule has 0 spiro atoms. The van der Waals surface area contributed by atoms with E-state index in [1.165, 1.54) is 19.3 Å². The van der Waals surface area contributed by atoms with Crippen LogP contribution in [-0.4, -0.2) is 29.0 Å². The third kappa shape index (κ3) is 3.61. The van der Waals surface area contributed by atoms with Gasteiger partial charge in [0.1, 0.15) is 5.69 Å². The van der Waals surface area contributed by atoms with E-state index in [0.29, 0.717) is 29.2 Å². The molecule has 6 heteroatoms. The first kappa shape index (κ1) is 15.5. The van der Waals surface area contributed by atoms with Gasteiger partial charge in [0.05, 0.1) is 22.8 Å². The van der Waals surface area contributed by atoms with Crippen LogP contribution in [0.2, 0.25) is 0 Å². The fraction of sp³-hybridized carbons (Fsp3) is 0.714. The molecule has 1 heterocycles. The number of hydrogen-bond acceptors (Lipinski definition) is 4. The molecule has 112 valence electrons. The van der Waals surface area contributed by atoms with Gasteiger partial charge in [-0.25, -0.2) is 4.68 Å². The van der Waals surface area contributed by atoms with Crippen LogP contribution in [0.4, 0.5) is 5.69 Å². The minimum Gasteiger partial charge on any atom is -0.382 e. The average Bonchev–Trinajstić information content (AvgIpc) is 2.31. The van der Waals surface area contributed by atoms with Gasteiger partial charge in [-0.05, 0) is 48.5 Å². The monoisotopic (exact) mass is 343 g/mol. The number of hydrogen-bond donors (Lipinski definition) is 1. The van der Waals surface area contributed by atoms with Gasteiger partial charge in [-0.2, -0.15) is 5.10 Å². The number of rotatable bonds is 6. The van der Waals surface area contributed by atoms with Crippen LogP contribution in [-0.2, 0) is 11.3 Å². The molecule has 0 radical (unpaired) electrons. The molecule has 0 bridgehead atoms. The van der Waals surface area contributed by atoms with E-state index in [-0.39, 0.29) is 11.1 Å². The summed E-state index contributed by atoms with van der Waals surface area (Å²) >= 11 is 3.40. The molecule has 1 aromatic rings. The summed E-state index contributed by atoms with van der Waals surface area (Å²) in [4.78, 5) is 12.5. The summed E-state index contributed by atoms with van der Waals surface area (Å²) in [5.74, 6) is 0.598. The Hall–Kier alpha value is -0.880. The smallest absolute Gasteiger partial charge is 0.291 e. The molecule has 1 saturated carbocycles. The Kier molecular flexibility index (Phi) is 4.86. The van der Waals surface area contributed by atoms with Gasteiger partial charge < -0.3 is 10.1 Å². The minimum atomic E-state index is -0.313. The van der Waals surface area contributed by atoms with Gasteiger partial charge in [-0.15, -0.1) is 0 Å². The van der Waals surface area contributed by atoms with Crippen molar-refractivity contribution in [3.05, 3.63) is 21.0 Å². The maximum absolute atomic E-state index is 12.5. The molecular weight excluding hydrogens is 322 g/mol. The molecule has 0 atom stereocenters. The van der Waals surface area contributed by atoms with E-state index in [2.05, 4.69) is 26.3 Å². The SMILES string of the molecule is COCC(C)(C)Nc1c(Br)cnn(CC2CCC2)c1=O. The molecule has 0 unspecified atom stereocenters. The molecule has 1 aliphatic rings. The molecule has 2 rings (SSSR count). The molecule has 0 aliphatic heterocycles. The third-order valence-electron chi connectivity index (χ3n) is 3.62. The van der Waals surface area contributed by atoms with Crippen molar-refractivity contribution in [2.45, 2.75) is 45.2 Å². The van der Waals surface area contributed by atoms with Gasteiger partial charge in [-0.1, -0.05) is 6.42 Å². The summed E-state index contributed by atoms with van der Waals surface area (Å²) in [7, 11) is 1.65. The number of nitrogens with zero attached hydrogens (tertiary/aromatic N) is 2. The predicted molar refractivity (Wildman–Crippen MR) is 83.1 cm³/mol. The average molecular weight is 344 g/mol. The Morgan fingerprint density at radius 1 is 1.55 bits per heavy atom. The normalized spacial score (nSPS) is 16.0. The Morgan fingerprint density at radius 2 is 2.25 bits per heavy atom. The maximum atomic E-state index is 12.5. The zero-order valence-corrected chi connectivity index (χ0v) is 13.9. The molecule has 1 N–H and O–H groups in total. The number of anilines is 1. The first-order valence-electron chi connectivity index (χ1n) is 6.96. The molecule has 5 nitrogen and oxygen atoms in total. The molecule has 1 aliphatic carbocycles. The number of methoxy groups -OCH3 is 1. The molecule has 1 fully saturated rings. The van der Waals surface area contributed by atoms with Crippen molar-refractivity contribution in [2.75, 3.05) is 19.0 Å². The first-order valence-corrected chi connectivity index (χ1v) is 7.75. The largest absolute Gasteiger partial charge is 0.382 e. The minimum absolute atomic E-state index is 0.0737. The molecule has 0 aromatic carbocycles. The van der Waals surface area contributed by atoms with Crippen molar-refractivity contribution < 1.29 is 4.74 Å². The quantitative estimate of drug-likeness (QED) is 0.862. The van der Waals surface area contributed by atoms with Crippen LogP contribution in [0.1, 0.15) is 33.1 Å². The van der Waals surface area contributed by atoms with Crippen LogP contribution >= 0.6 is 15.9 Å². The highest BCUT2D eigenvalue weighted by molar-refractivity contribution is 9.10. The summed E-state index contributed by atoms with van der Waals surface area (Å²) in [6.07, 6.45) is 5.34. The topological polar surface area (TPSA) is 56.1 Å². The number of halogens is 1. The van der Waals surface area contributed by atoms with Crippen molar-refractivity contribution in [3.63, 3.8) is 0 Å². The number of nitrogens with one attached hydrogen (secondary N) is 1. The summed E-state index contributed by atoms with van der Waals surface area (Å²) in [5, 5.41) is 7.48. The van der Waals surface area contributed by atoms with Crippen molar-refractivity contribution in [3.8, 4) is 0 Å². The molecule has 0 saturated heterocycles. The molecule has 0 amide bonds. The lowest BCUT2D eigenvalue weighted by Gasteiger charge is -2.28. The van der Waals surface area contributed by atoms with E-state index in [4.69, 9.17) is 4.74 Å². The molecular formula is C14H22BrN3O2. The Bertz CT molecular complexity index is 524. The van der Waals surface area contributed by atoms with Crippen LogP contribution in [0.25, 0.3) is 0 Å². The fourth-order valence-corrected chi connectivity index (χ4v) is 2.73. The van der Waals surface area contributed by atoms with E-state index in [1.54, 1.807) is 18.0 Å². The van der Waals surface area contributed by atoms with Gasteiger partial charge in [0.2, 0.25) is 0 Å². The van der Waals surface area contributed by atoms with Gasteiger partial charge in [-0.3, -0.25) is 4.79 Å². The highest BCUT2D eigenvalue weighted by Gasteiger charge is 2.23. The number of aromatic nitrogens is 2. The van der Waals surface area contributed by atoms with Crippen LogP contribution in [0, 0.1) is 5.92 Å². The Labute approximate surface area is 127 Å². The second-order valence-electron chi connectivity index (χ2n) is 6.09. The zero-order valence-electron chi connectivity index (χ0n) is 12.3. The Balaban J connectivity index is 2.22. The van der Waals surface area contributed by atoms with E-state index in [1.807, 2.05) is 13.8 Å². The standard InChI is InChI=1S/C14H22BrN3O2/c1-14(2,9-20-3)17-12-11(15)7-16-18(13(12)19)8-10-5-4-6-10/h7,10,17H,4-6,8-9H2,1-3H3. The summed E-state index contributed by atoms with van der Waals surface area (Å²) < 4.78 is 7.44. The van der Waals surface area contributed by atoms with Gasteiger partial charge in [0, 0.05) is 13.7 Å². The zero-order chi connectivity index (χ0) is 14.8. The third-order valence-corrected chi connectivity index (χ3v) is 4.22. The fourth-order valence-electron chi connectivity index (χ4n) is 2.37. The first-order chi connectivity index (χ1) is 9.43. The second kappa shape index (κ2) is 6.26. The summed E-state index contributed by atoms with van der Waals surface area (Å²) in [6.45, 7) is 5.23. The van der Waals surface area contributed by atoms with Crippen LogP contribution in [0.5, 0.6) is 0 Å². The van der Waals surface area contributed by atoms with E-state index in [0.717, 1.165) is 0 Å². The Morgan fingerprint density at radius 3 is 2.80 bits per heavy atom. The molecule has 1 aromatic heterocycles. The van der Waals surface area contributed by atoms with Crippen LogP contribution < -0.4 is 10.9 Å². The highest BCUT2D eigenvalue weighted by atomic mass is 79.9. The second-order valence-corrected chi connectivity index (χ2v) is 6.95. The van der Waals surface area contributed by atoms with Crippen molar-refractivity contribution >= 4 is 21.6 Å². The van der Waals surface area contributed by atoms with Gasteiger partial charge in [0.25, 0.3) is 5.56 Å². The van der Waals surface area contributed by atoms with Crippen molar-refractivity contribution in [1.29, 1.82) is 0 Å². The lowest BCUT2D eigenvalue weighted by atomic mass is 9.85. The van der Waals surface area contributed by atoms with Crippen LogP contribution in [0.3, 0.4) is 0 Å². The summed E-state index contributed by atoms with van der Waals surface area (Å²) in [6, 6.07) is 0. The summed E-state index contributed by atoms with van der Waals surface area (Å²) in [5.41, 5.74) is 0.170. The van der Waals surface area contributed by atoms with Crippen molar-refractivity contribution in [1.82, 2.24) is 9.78 Å². The van der Waals surface area contributed by atoms with E-state index < -0.39 is 0 Å². The van der Waals surface area contributed by atoms with E-state index in [9.17, 15) is 4.79 Å². The lowest BCUT2D eigenvalue weighted by molar-refractivity contribution is 0.158. The predicted octanol–water partition coefficient (Wildman–Crippen LogP) is 2.64.